The number of hydrogen-bond acceptors (Lipinski definition) is 4. The van der Waals surface area contributed by atoms with Crippen LogP contribution in [0, 0.1) is 0 Å². The topological polar surface area (TPSA) is 80.7 Å². The fourth-order valence-electron chi connectivity index (χ4n) is 1.31. The quantitative estimate of drug-likeness (QED) is 0.489. The zero-order chi connectivity index (χ0) is 11.0. The molecular weight excluding hydrogens is 209 g/mol. The Kier molecular flexibility index (Phi) is 12.0. The third-order valence-corrected chi connectivity index (χ3v) is 1.81. The van der Waals surface area contributed by atoms with E-state index in [1.165, 1.54) is 6.42 Å². The first kappa shape index (κ1) is 17.3. The van der Waals surface area contributed by atoms with Gasteiger partial charge in [0.25, 0.3) is 0 Å². The van der Waals surface area contributed by atoms with E-state index in [1.807, 2.05) is 4.90 Å². The average molecular weight is 225 g/mol. The van der Waals surface area contributed by atoms with Crippen molar-refractivity contribution in [1.29, 1.82) is 0 Å². The smallest absolute Gasteiger partial charge is 0.550 e. The average Bonchev–Trinajstić information content (AvgIpc) is 2.03. The molecule has 1 saturated heterocycles. The molecule has 0 atom stereocenters. The largest absolute Gasteiger partial charge is 1.00 e. The number of rotatable bonds is 2. The summed E-state index contributed by atoms with van der Waals surface area (Å²) in [6.07, 6.45) is 3.58. The summed E-state index contributed by atoms with van der Waals surface area (Å²) in [5.41, 5.74) is 0. The molecule has 0 spiro atoms. The molecule has 6 heteroatoms. The van der Waals surface area contributed by atoms with Crippen molar-refractivity contribution in [3.8, 4) is 0 Å². The summed E-state index contributed by atoms with van der Waals surface area (Å²) < 4.78 is 0. The predicted octanol–water partition coefficient (Wildman–Crippen LogP) is -3.68. The van der Waals surface area contributed by atoms with Gasteiger partial charge in [0.2, 0.25) is 0 Å². The molecule has 0 aromatic heterocycles. The van der Waals surface area contributed by atoms with Gasteiger partial charge >= 0.3 is 35.5 Å². The molecule has 15 heavy (non-hydrogen) atoms. The van der Waals surface area contributed by atoms with Crippen LogP contribution in [0.1, 0.15) is 26.2 Å². The van der Waals surface area contributed by atoms with Gasteiger partial charge in [-0.15, -0.1) is 0 Å². The van der Waals surface area contributed by atoms with E-state index >= 15 is 0 Å². The molecule has 1 N–H and O–H groups in total. The van der Waals surface area contributed by atoms with E-state index in [0.717, 1.165) is 32.9 Å². The van der Waals surface area contributed by atoms with Crippen LogP contribution >= 0.6 is 0 Å². The summed E-state index contributed by atoms with van der Waals surface area (Å²) in [5, 5.41) is 17.3. The molecule has 5 nitrogen and oxygen atoms in total. The number of likely N-dealkylation sites (tertiary alicyclic amines) is 1. The fourth-order valence-corrected chi connectivity index (χ4v) is 1.31. The van der Waals surface area contributed by atoms with Crippen LogP contribution in [0.5, 0.6) is 0 Å². The zero-order valence-corrected chi connectivity index (χ0v) is 11.4. The number of aliphatic carboxylic acids is 2. The number of carbonyl (C=O) groups excluding carboxylic acids is 1. The number of piperidine rings is 1. The van der Waals surface area contributed by atoms with Crippen molar-refractivity contribution in [2.45, 2.75) is 26.2 Å². The van der Waals surface area contributed by atoms with Gasteiger partial charge in [-0.1, -0.05) is 6.42 Å². The van der Waals surface area contributed by atoms with Gasteiger partial charge in [-0.25, -0.2) is 0 Å². The number of carboxylic acid groups (broad SMARTS) is 2. The molecule has 0 aliphatic carbocycles. The van der Waals surface area contributed by atoms with Crippen molar-refractivity contribution in [1.82, 2.24) is 4.90 Å². The molecule has 1 fully saturated rings. The molecule has 0 radical (unpaired) electrons. The van der Waals surface area contributed by atoms with E-state index in [1.54, 1.807) is 0 Å². The van der Waals surface area contributed by atoms with Crippen molar-refractivity contribution < 1.29 is 49.4 Å². The minimum atomic E-state index is -1.08. The number of carboxylic acids is 2. The van der Waals surface area contributed by atoms with Gasteiger partial charge in [-0.2, -0.15) is 0 Å². The Hall–Kier alpha value is -0.100. The molecule has 0 aromatic rings. The molecule has 0 amide bonds. The molecule has 0 unspecified atom stereocenters. The molecule has 0 bridgehead atoms. The van der Waals surface area contributed by atoms with Gasteiger partial charge in [0.15, 0.2) is 0 Å². The fraction of sp³-hybridized carbons (Fsp3) is 0.778. The van der Waals surface area contributed by atoms with E-state index in [2.05, 4.69) is 0 Å². The molecule has 82 valence electrons. The van der Waals surface area contributed by atoms with Crippen molar-refractivity contribution in [2.24, 2.45) is 0 Å². The van der Waals surface area contributed by atoms with E-state index in [0.29, 0.717) is 0 Å². The maximum absolute atomic E-state index is 10.2. The maximum Gasteiger partial charge on any atom is 1.00 e. The van der Waals surface area contributed by atoms with Crippen LogP contribution in [0.3, 0.4) is 0 Å². The van der Waals surface area contributed by atoms with Gasteiger partial charge in [-0.05, 0) is 32.9 Å². The normalized spacial score (nSPS) is 15.5. The number of hydrogen-bond donors (Lipinski definition) is 1. The first-order chi connectivity index (χ1) is 6.52. The van der Waals surface area contributed by atoms with E-state index < -0.39 is 11.9 Å². The van der Waals surface area contributed by atoms with Gasteiger partial charge in [0.1, 0.15) is 0 Å². The van der Waals surface area contributed by atoms with Crippen LogP contribution in [0.15, 0.2) is 0 Å². The van der Waals surface area contributed by atoms with Crippen molar-refractivity contribution in [3.05, 3.63) is 0 Å². The van der Waals surface area contributed by atoms with Crippen LogP contribution in [0.2, 0.25) is 0 Å². The number of carbonyl (C=O) groups is 2. The predicted molar refractivity (Wildman–Crippen MR) is 48.6 cm³/mol. The minimum Gasteiger partial charge on any atom is -0.550 e. The Morgan fingerprint density at radius 2 is 1.67 bits per heavy atom. The second-order valence-corrected chi connectivity index (χ2v) is 3.22. The van der Waals surface area contributed by atoms with Crippen molar-refractivity contribution in [2.75, 3.05) is 19.6 Å². The Morgan fingerprint density at radius 3 is 2.00 bits per heavy atom. The van der Waals surface area contributed by atoms with E-state index in [4.69, 9.17) is 15.0 Å². The second-order valence-electron chi connectivity index (χ2n) is 3.22. The minimum absolute atomic E-state index is 0. The van der Waals surface area contributed by atoms with E-state index in [-0.39, 0.29) is 36.1 Å². The van der Waals surface area contributed by atoms with Gasteiger partial charge in [-0.3, -0.25) is 9.69 Å². The van der Waals surface area contributed by atoms with E-state index in [9.17, 15) is 4.79 Å². The van der Waals surface area contributed by atoms with Crippen LogP contribution in [-0.2, 0) is 9.59 Å². The van der Waals surface area contributed by atoms with Crippen molar-refractivity contribution >= 4 is 11.9 Å². The SMILES string of the molecule is CC(=O)[O-].O=C(O)CN1CCCCC1.[Na+]. The summed E-state index contributed by atoms with van der Waals surface area (Å²) >= 11 is 0. The molecule has 1 heterocycles. The monoisotopic (exact) mass is 225 g/mol. The molecule has 1 rings (SSSR count). The summed E-state index contributed by atoms with van der Waals surface area (Å²) in [5.74, 6) is -1.79. The Morgan fingerprint density at radius 1 is 1.27 bits per heavy atom. The van der Waals surface area contributed by atoms with Crippen LogP contribution in [0.4, 0.5) is 0 Å². The summed E-state index contributed by atoms with van der Waals surface area (Å²) in [6.45, 7) is 3.12. The molecule has 1 aliphatic rings. The Balaban J connectivity index is 0. The third kappa shape index (κ3) is 13.9. The molecular formula is C9H16NNaO4. The third-order valence-electron chi connectivity index (χ3n) is 1.81. The van der Waals surface area contributed by atoms with Crippen molar-refractivity contribution in [3.63, 3.8) is 0 Å². The van der Waals surface area contributed by atoms with Crippen LogP contribution in [0.25, 0.3) is 0 Å². The van der Waals surface area contributed by atoms with Gasteiger partial charge in [0, 0.05) is 5.97 Å². The zero-order valence-electron chi connectivity index (χ0n) is 9.36. The molecule has 0 aromatic carbocycles. The molecule has 0 saturated carbocycles. The summed E-state index contributed by atoms with van der Waals surface area (Å²) in [4.78, 5) is 21.1. The Labute approximate surface area is 112 Å². The van der Waals surface area contributed by atoms with Gasteiger partial charge < -0.3 is 15.0 Å². The maximum atomic E-state index is 10.2. The van der Waals surface area contributed by atoms with Crippen LogP contribution < -0.4 is 34.7 Å². The number of nitrogens with zero attached hydrogens (tertiary/aromatic N) is 1. The molecule has 1 aliphatic heterocycles. The Bertz CT molecular complexity index is 189. The summed E-state index contributed by atoms with van der Waals surface area (Å²) in [6, 6.07) is 0. The van der Waals surface area contributed by atoms with Crippen LogP contribution in [-0.4, -0.2) is 41.6 Å². The first-order valence-electron chi connectivity index (χ1n) is 4.64. The summed E-state index contributed by atoms with van der Waals surface area (Å²) in [7, 11) is 0. The second kappa shape index (κ2) is 10.4. The van der Waals surface area contributed by atoms with Gasteiger partial charge in [0.05, 0.1) is 6.54 Å². The first-order valence-corrected chi connectivity index (χ1v) is 4.64. The standard InChI is InChI=1S/C7H13NO2.C2H4O2.Na/c9-7(10)6-8-4-2-1-3-5-8;1-2(3)4;/h1-6H2,(H,9,10);1H3,(H,3,4);/q;;+1/p-1.